The van der Waals surface area contributed by atoms with Crippen LogP contribution in [0.2, 0.25) is 0 Å². The molecule has 0 fully saturated rings. The number of para-hydroxylation sites is 2. The summed E-state index contributed by atoms with van der Waals surface area (Å²) in [6.07, 6.45) is 1.91. The van der Waals surface area contributed by atoms with Gasteiger partial charge in [-0.2, -0.15) is 10.1 Å². The van der Waals surface area contributed by atoms with Gasteiger partial charge < -0.3 is 10.1 Å². The summed E-state index contributed by atoms with van der Waals surface area (Å²) in [6, 6.07) is 15.8. The molecule has 0 aliphatic carbocycles. The maximum absolute atomic E-state index is 6.05. The zero-order valence-corrected chi connectivity index (χ0v) is 17.0. The molecule has 0 aliphatic heterocycles. The fourth-order valence-corrected chi connectivity index (χ4v) is 3.24. The number of hydrogen-bond acceptors (Lipinski definition) is 8. The first-order valence-corrected chi connectivity index (χ1v) is 9.69. The molecule has 5 rings (SSSR count). The van der Waals surface area contributed by atoms with Crippen LogP contribution in [0, 0.1) is 0 Å². The Bertz CT molecular complexity index is 1330. The fourth-order valence-electron chi connectivity index (χ4n) is 3.24. The van der Waals surface area contributed by atoms with Crippen molar-refractivity contribution in [1.82, 2.24) is 44.5 Å². The van der Waals surface area contributed by atoms with Gasteiger partial charge in [0.15, 0.2) is 0 Å². The molecular formula is C20H20N10O. The molecule has 0 atom stereocenters. The highest BCUT2D eigenvalue weighted by molar-refractivity contribution is 5.78. The molecule has 0 aliphatic rings. The summed E-state index contributed by atoms with van der Waals surface area (Å²) >= 11 is 0. The Labute approximate surface area is 177 Å². The molecule has 4 heterocycles. The van der Waals surface area contributed by atoms with E-state index in [1.165, 1.54) is 0 Å². The summed E-state index contributed by atoms with van der Waals surface area (Å²) in [4.78, 5) is 9.22. The van der Waals surface area contributed by atoms with Gasteiger partial charge in [-0.15, -0.1) is 0 Å². The van der Waals surface area contributed by atoms with Gasteiger partial charge in [0.05, 0.1) is 29.0 Å². The summed E-state index contributed by atoms with van der Waals surface area (Å²) < 4.78 is 11.2. The quantitative estimate of drug-likeness (QED) is 0.428. The van der Waals surface area contributed by atoms with E-state index in [0.29, 0.717) is 18.5 Å². The zero-order valence-electron chi connectivity index (χ0n) is 17.0. The number of nitrogens with one attached hydrogen (secondary N) is 1. The van der Waals surface area contributed by atoms with Crippen LogP contribution in [-0.2, 0) is 27.2 Å². The molecule has 11 nitrogen and oxygen atoms in total. The van der Waals surface area contributed by atoms with Crippen LogP contribution in [0.5, 0.6) is 6.01 Å². The molecule has 1 aromatic carbocycles. The van der Waals surface area contributed by atoms with Crippen molar-refractivity contribution in [3.8, 4) is 12.0 Å². The van der Waals surface area contributed by atoms with Gasteiger partial charge in [0.2, 0.25) is 0 Å². The third-order valence-electron chi connectivity index (χ3n) is 4.70. The minimum absolute atomic E-state index is 0.244. The van der Waals surface area contributed by atoms with Crippen molar-refractivity contribution in [3.63, 3.8) is 0 Å². The molecule has 1 N–H and O–H groups in total. The van der Waals surface area contributed by atoms with E-state index in [9.17, 15) is 0 Å². The number of pyridine rings is 1. The van der Waals surface area contributed by atoms with Crippen LogP contribution in [0.15, 0.2) is 54.7 Å². The first kappa shape index (κ1) is 18.7. The van der Waals surface area contributed by atoms with E-state index in [2.05, 4.69) is 35.9 Å². The number of fused-ring (bicyclic) bond motifs is 1. The zero-order chi connectivity index (χ0) is 21.2. The van der Waals surface area contributed by atoms with E-state index in [-0.39, 0.29) is 6.61 Å². The molecule has 11 heteroatoms. The average molecular weight is 416 g/mol. The Morgan fingerprint density at radius 2 is 1.87 bits per heavy atom. The number of aryl methyl sites for hydroxylation is 2. The molecule has 5 aromatic rings. The molecule has 0 saturated heterocycles. The van der Waals surface area contributed by atoms with Crippen LogP contribution < -0.4 is 10.1 Å². The molecular weight excluding hydrogens is 396 g/mol. The van der Waals surface area contributed by atoms with E-state index in [4.69, 9.17) is 4.74 Å². The average Bonchev–Trinajstić information content (AvgIpc) is 3.49. The van der Waals surface area contributed by atoms with Crippen molar-refractivity contribution in [1.29, 1.82) is 0 Å². The van der Waals surface area contributed by atoms with E-state index in [1.807, 2.05) is 61.8 Å². The monoisotopic (exact) mass is 416 g/mol. The number of tetrazole rings is 1. The van der Waals surface area contributed by atoms with E-state index >= 15 is 0 Å². The predicted molar refractivity (Wildman–Crippen MR) is 113 cm³/mol. The van der Waals surface area contributed by atoms with E-state index in [0.717, 1.165) is 28.2 Å². The normalized spacial score (nSPS) is 11.2. The SMILES string of the molecule is Cn1ccc(CNc2cccc(COc3nc4ccccc4n3-c3nnnn3C)n2)n1. The van der Waals surface area contributed by atoms with Crippen LogP contribution in [0.25, 0.3) is 17.0 Å². The van der Waals surface area contributed by atoms with Crippen molar-refractivity contribution in [2.75, 3.05) is 5.32 Å². The van der Waals surface area contributed by atoms with Gasteiger partial charge in [-0.3, -0.25) is 4.68 Å². The third-order valence-corrected chi connectivity index (χ3v) is 4.70. The molecule has 0 radical (unpaired) electrons. The Morgan fingerprint density at radius 1 is 0.968 bits per heavy atom. The number of rotatable bonds is 7. The van der Waals surface area contributed by atoms with Crippen molar-refractivity contribution in [2.45, 2.75) is 13.2 Å². The fraction of sp³-hybridized carbons (Fsp3) is 0.200. The maximum Gasteiger partial charge on any atom is 0.305 e. The first-order chi connectivity index (χ1) is 15.2. The summed E-state index contributed by atoms with van der Waals surface area (Å²) in [7, 11) is 3.66. The van der Waals surface area contributed by atoms with Gasteiger partial charge in [-0.05, 0) is 40.8 Å². The molecule has 0 bridgehead atoms. The van der Waals surface area contributed by atoms with E-state index < -0.39 is 0 Å². The number of imidazole rings is 1. The lowest BCUT2D eigenvalue weighted by Crippen LogP contribution is -2.09. The number of anilines is 1. The highest BCUT2D eigenvalue weighted by Crippen LogP contribution is 2.25. The molecule has 0 spiro atoms. The topological polar surface area (TPSA) is 113 Å². The van der Waals surface area contributed by atoms with Gasteiger partial charge >= 0.3 is 6.01 Å². The van der Waals surface area contributed by atoms with Crippen LogP contribution in [0.1, 0.15) is 11.4 Å². The number of hydrogen-bond donors (Lipinski definition) is 1. The molecule has 4 aromatic heterocycles. The number of nitrogens with zero attached hydrogens (tertiary/aromatic N) is 9. The third kappa shape index (κ3) is 3.80. The molecule has 0 amide bonds. The summed E-state index contributed by atoms with van der Waals surface area (Å²) in [5, 5.41) is 19.4. The Morgan fingerprint density at radius 3 is 2.68 bits per heavy atom. The van der Waals surface area contributed by atoms with Crippen LogP contribution in [-0.4, -0.2) is 44.5 Å². The van der Waals surface area contributed by atoms with Crippen LogP contribution in [0.3, 0.4) is 0 Å². The lowest BCUT2D eigenvalue weighted by molar-refractivity contribution is 0.272. The minimum atomic E-state index is 0.244. The summed E-state index contributed by atoms with van der Waals surface area (Å²) in [6.45, 7) is 0.834. The number of benzene rings is 1. The minimum Gasteiger partial charge on any atom is -0.458 e. The van der Waals surface area contributed by atoms with Crippen molar-refractivity contribution < 1.29 is 4.74 Å². The second-order valence-corrected chi connectivity index (χ2v) is 6.96. The van der Waals surface area contributed by atoms with Gasteiger partial charge in [0, 0.05) is 20.3 Å². The number of aromatic nitrogens is 9. The van der Waals surface area contributed by atoms with Crippen molar-refractivity contribution >= 4 is 16.9 Å². The van der Waals surface area contributed by atoms with Gasteiger partial charge in [0.1, 0.15) is 12.4 Å². The Hall–Kier alpha value is -4.28. The second kappa shape index (κ2) is 7.86. The molecule has 0 unspecified atom stereocenters. The van der Waals surface area contributed by atoms with Gasteiger partial charge in [-0.1, -0.05) is 23.3 Å². The molecule has 31 heavy (non-hydrogen) atoms. The molecule has 0 saturated carbocycles. The summed E-state index contributed by atoms with van der Waals surface area (Å²) in [5.74, 6) is 1.26. The Balaban J connectivity index is 1.36. The lowest BCUT2D eigenvalue weighted by Gasteiger charge is -2.09. The van der Waals surface area contributed by atoms with Gasteiger partial charge in [-0.25, -0.2) is 14.2 Å². The Kier molecular flexibility index (Phi) is 4.75. The van der Waals surface area contributed by atoms with Gasteiger partial charge in [0.25, 0.3) is 5.95 Å². The highest BCUT2D eigenvalue weighted by atomic mass is 16.5. The second-order valence-electron chi connectivity index (χ2n) is 6.96. The standard InChI is InChI=1S/C20H20N10O/c1-28-11-10-14(25-28)12-21-18-9-5-6-15(22-18)13-31-20-23-16-7-3-4-8-17(16)30(20)19-24-26-27-29(19)2/h3-11H,12-13H2,1-2H3,(H,21,22). The summed E-state index contributed by atoms with van der Waals surface area (Å²) in [5.41, 5.74) is 3.35. The maximum atomic E-state index is 6.05. The largest absolute Gasteiger partial charge is 0.458 e. The van der Waals surface area contributed by atoms with Crippen molar-refractivity contribution in [3.05, 3.63) is 66.1 Å². The predicted octanol–water partition coefficient (Wildman–Crippen LogP) is 1.87. The number of ether oxygens (including phenoxy) is 1. The van der Waals surface area contributed by atoms with E-state index in [1.54, 1.807) is 21.0 Å². The van der Waals surface area contributed by atoms with Crippen LogP contribution in [0.4, 0.5) is 5.82 Å². The molecule has 156 valence electrons. The smallest absolute Gasteiger partial charge is 0.305 e. The lowest BCUT2D eigenvalue weighted by atomic mass is 10.3. The first-order valence-electron chi connectivity index (χ1n) is 9.69. The van der Waals surface area contributed by atoms with Crippen molar-refractivity contribution in [2.24, 2.45) is 14.1 Å². The van der Waals surface area contributed by atoms with Crippen LogP contribution >= 0.6 is 0 Å². The highest BCUT2D eigenvalue weighted by Gasteiger charge is 2.18.